The van der Waals surface area contributed by atoms with E-state index in [-0.39, 0.29) is 6.61 Å². The van der Waals surface area contributed by atoms with Crippen LogP contribution < -0.4 is 32.0 Å². The number of H-pyrrole nitrogens is 1. The van der Waals surface area contributed by atoms with Crippen molar-refractivity contribution >= 4 is 37.4 Å². The predicted octanol–water partition coefficient (Wildman–Crippen LogP) is 5.25. The van der Waals surface area contributed by atoms with Crippen LogP contribution in [0.25, 0.3) is 0 Å². The molecule has 5 aromatic rings. The van der Waals surface area contributed by atoms with E-state index in [1.165, 1.54) is 0 Å². The summed E-state index contributed by atoms with van der Waals surface area (Å²) >= 11 is 0. The Morgan fingerprint density at radius 3 is 1.52 bits per heavy atom. The number of aromatic nitrogens is 2. The van der Waals surface area contributed by atoms with Gasteiger partial charge in [-0.15, -0.1) is 0 Å². The number of ether oxygens (including phenoxy) is 1. The van der Waals surface area contributed by atoms with Crippen molar-refractivity contribution < 1.29 is 27.5 Å². The van der Waals surface area contributed by atoms with Gasteiger partial charge < -0.3 is 18.7 Å². The SMILES string of the molecule is CC(C)(C)[Si](OC[C@H]1O[C@@H](n2cc(C(F)F)c(=O)[nH]c2=O)[C@H](O[Si](c2ccccc2)(c2ccccc2)C(C)(C)C)[C@@H]1O)(c1ccccc1)c1ccccc1. The molecule has 54 heavy (non-hydrogen) atoms. The van der Waals surface area contributed by atoms with Crippen LogP contribution in [0.4, 0.5) is 8.78 Å². The minimum Gasteiger partial charge on any atom is -0.405 e. The highest BCUT2D eigenvalue weighted by atomic mass is 28.4. The Kier molecular flexibility index (Phi) is 11.3. The van der Waals surface area contributed by atoms with Gasteiger partial charge in [-0.1, -0.05) is 163 Å². The highest BCUT2D eigenvalue weighted by molar-refractivity contribution is 7.00. The van der Waals surface area contributed by atoms with E-state index in [2.05, 4.69) is 65.8 Å². The maximum absolute atomic E-state index is 14.2. The first kappa shape index (κ1) is 39.4. The van der Waals surface area contributed by atoms with Crippen molar-refractivity contribution in [3.8, 4) is 0 Å². The summed E-state index contributed by atoms with van der Waals surface area (Å²) in [6, 6.07) is 39.5. The Bertz CT molecular complexity index is 2040. The molecule has 0 unspecified atom stereocenters. The van der Waals surface area contributed by atoms with Gasteiger partial charge in [-0.3, -0.25) is 14.3 Å². The fourth-order valence-electron chi connectivity index (χ4n) is 7.92. The molecule has 0 bridgehead atoms. The van der Waals surface area contributed by atoms with Crippen molar-refractivity contribution in [3.63, 3.8) is 0 Å². The van der Waals surface area contributed by atoms with Crippen molar-refractivity contribution in [1.82, 2.24) is 9.55 Å². The van der Waals surface area contributed by atoms with E-state index in [1.807, 2.05) is 102 Å². The number of aliphatic hydroxyl groups is 1. The van der Waals surface area contributed by atoms with Gasteiger partial charge in [-0.05, 0) is 30.8 Å². The van der Waals surface area contributed by atoms with E-state index in [0.717, 1.165) is 31.5 Å². The van der Waals surface area contributed by atoms with Crippen molar-refractivity contribution in [2.75, 3.05) is 6.61 Å². The van der Waals surface area contributed by atoms with Crippen molar-refractivity contribution in [3.05, 3.63) is 154 Å². The monoisotopic (exact) mass is 770 g/mol. The Labute approximate surface area is 316 Å². The Hall–Kier alpha value is -4.31. The molecule has 0 radical (unpaired) electrons. The molecule has 2 N–H and O–H groups in total. The van der Waals surface area contributed by atoms with Crippen LogP contribution >= 0.6 is 0 Å². The van der Waals surface area contributed by atoms with Gasteiger partial charge in [0.05, 0.1) is 12.2 Å². The summed E-state index contributed by atoms with van der Waals surface area (Å²) in [4.78, 5) is 28.0. The molecule has 0 spiro atoms. The van der Waals surface area contributed by atoms with Gasteiger partial charge >= 0.3 is 5.69 Å². The molecule has 12 heteroatoms. The van der Waals surface area contributed by atoms with Crippen LogP contribution in [-0.4, -0.2) is 56.2 Å². The number of nitrogens with one attached hydrogen (secondary N) is 1. The van der Waals surface area contributed by atoms with Gasteiger partial charge in [0, 0.05) is 6.20 Å². The van der Waals surface area contributed by atoms with Gasteiger partial charge in [0.2, 0.25) is 0 Å². The predicted molar refractivity (Wildman–Crippen MR) is 212 cm³/mol. The van der Waals surface area contributed by atoms with Gasteiger partial charge in [0.1, 0.15) is 18.3 Å². The number of halogens is 2. The van der Waals surface area contributed by atoms with E-state index in [9.17, 15) is 23.5 Å². The van der Waals surface area contributed by atoms with E-state index < -0.39 is 74.5 Å². The summed E-state index contributed by atoms with van der Waals surface area (Å²) in [5.74, 6) is 0. The molecular formula is C42H48F2N2O6Si2. The Morgan fingerprint density at radius 1 is 0.722 bits per heavy atom. The molecule has 1 saturated heterocycles. The van der Waals surface area contributed by atoms with Crippen LogP contribution in [0.1, 0.15) is 59.8 Å². The highest BCUT2D eigenvalue weighted by Gasteiger charge is 2.58. The van der Waals surface area contributed by atoms with E-state index in [1.54, 1.807) is 0 Å². The number of rotatable bonds is 11. The Morgan fingerprint density at radius 2 is 1.13 bits per heavy atom. The second-order valence-electron chi connectivity index (χ2n) is 15.8. The largest absolute Gasteiger partial charge is 0.405 e. The zero-order valence-electron chi connectivity index (χ0n) is 31.4. The number of nitrogens with zero attached hydrogens (tertiary/aromatic N) is 1. The molecule has 0 aliphatic carbocycles. The molecule has 8 nitrogen and oxygen atoms in total. The molecule has 4 atom stereocenters. The van der Waals surface area contributed by atoms with Gasteiger partial charge in [0.25, 0.3) is 28.6 Å². The quantitative estimate of drug-likeness (QED) is 0.178. The standard InChI is InChI=1S/C42H48F2N2O6Si2/c1-41(2,3)53(29-19-11-7-12-20-29,30-21-13-8-14-22-30)50-28-34-35(47)36(39(51-34)46-27-33(37(43)44)38(48)45-40(46)49)52-54(42(4,5)6,31-23-15-9-16-24-31)32-25-17-10-18-26-32/h7-27,34-37,39,47H,28H2,1-6H3,(H,45,48,49)/t34-,35-,36-,39-/m1/s1. The second kappa shape index (κ2) is 15.4. The van der Waals surface area contributed by atoms with E-state index >= 15 is 0 Å². The number of benzene rings is 4. The van der Waals surface area contributed by atoms with Crippen LogP contribution in [0.2, 0.25) is 10.1 Å². The maximum Gasteiger partial charge on any atom is 0.330 e. The third kappa shape index (κ3) is 7.14. The van der Waals surface area contributed by atoms with E-state index in [4.69, 9.17) is 13.6 Å². The molecule has 1 fully saturated rings. The maximum atomic E-state index is 14.2. The molecule has 2 heterocycles. The van der Waals surface area contributed by atoms with Crippen LogP contribution in [0.3, 0.4) is 0 Å². The average Bonchev–Trinajstić information content (AvgIpc) is 3.44. The van der Waals surface area contributed by atoms with Crippen molar-refractivity contribution in [2.45, 2.75) is 82.6 Å². The zero-order chi connectivity index (χ0) is 38.9. The lowest BCUT2D eigenvalue weighted by molar-refractivity contribution is -0.0510. The lowest BCUT2D eigenvalue weighted by Crippen LogP contribution is -2.69. The molecule has 284 valence electrons. The van der Waals surface area contributed by atoms with Crippen molar-refractivity contribution in [1.29, 1.82) is 0 Å². The van der Waals surface area contributed by atoms with Gasteiger partial charge in [0.15, 0.2) is 6.23 Å². The number of aromatic amines is 1. The third-order valence-electron chi connectivity index (χ3n) is 10.4. The van der Waals surface area contributed by atoms with Crippen molar-refractivity contribution in [2.24, 2.45) is 0 Å². The number of alkyl halides is 2. The summed E-state index contributed by atoms with van der Waals surface area (Å²) < 4.78 is 50.4. The summed E-state index contributed by atoms with van der Waals surface area (Å²) in [6.07, 6.45) is -7.46. The molecule has 4 aromatic carbocycles. The summed E-state index contributed by atoms with van der Waals surface area (Å²) in [5, 5.41) is 15.3. The zero-order valence-corrected chi connectivity index (χ0v) is 33.4. The number of hydrogen-bond donors (Lipinski definition) is 2. The molecule has 1 aliphatic heterocycles. The average molecular weight is 771 g/mol. The lowest BCUT2D eigenvalue weighted by Gasteiger charge is -2.45. The first-order valence-corrected chi connectivity index (χ1v) is 21.9. The molecule has 6 rings (SSSR count). The molecule has 1 aromatic heterocycles. The van der Waals surface area contributed by atoms with Crippen LogP contribution in [0.15, 0.2) is 137 Å². The van der Waals surface area contributed by atoms with Gasteiger partial charge in [-0.25, -0.2) is 13.6 Å². The molecule has 0 amide bonds. The number of aliphatic hydroxyl groups excluding tert-OH is 1. The van der Waals surface area contributed by atoms with Gasteiger partial charge in [-0.2, -0.15) is 0 Å². The minimum absolute atomic E-state index is 0.106. The molecule has 0 saturated carbocycles. The molecular weight excluding hydrogens is 723 g/mol. The first-order valence-electron chi connectivity index (χ1n) is 18.1. The summed E-state index contributed by atoms with van der Waals surface area (Å²) in [7, 11) is -6.56. The normalized spacial score (nSPS) is 19.7. The fourth-order valence-corrected chi connectivity index (χ4v) is 17.2. The highest BCUT2D eigenvalue weighted by Crippen LogP contribution is 2.43. The minimum atomic E-state index is -3.43. The topological polar surface area (TPSA) is 103 Å². The smallest absolute Gasteiger partial charge is 0.330 e. The fraction of sp³-hybridized carbons (Fsp3) is 0.333. The van der Waals surface area contributed by atoms with Crippen LogP contribution in [0, 0.1) is 0 Å². The summed E-state index contributed by atoms with van der Waals surface area (Å²) in [5.41, 5.74) is -3.06. The van der Waals surface area contributed by atoms with Crippen LogP contribution in [-0.2, 0) is 13.6 Å². The first-order chi connectivity index (χ1) is 25.6. The molecule has 1 aliphatic rings. The summed E-state index contributed by atoms with van der Waals surface area (Å²) in [6.45, 7) is 12.5. The third-order valence-corrected chi connectivity index (χ3v) is 20.5. The second-order valence-corrected chi connectivity index (χ2v) is 24.4. The van der Waals surface area contributed by atoms with Crippen LogP contribution in [0.5, 0.6) is 0 Å². The number of hydrogen-bond acceptors (Lipinski definition) is 6. The lowest BCUT2D eigenvalue weighted by atomic mass is 10.1. The van der Waals surface area contributed by atoms with E-state index in [0.29, 0.717) is 0 Å². The Balaban J connectivity index is 1.51.